The van der Waals surface area contributed by atoms with Crippen LogP contribution in [0.3, 0.4) is 0 Å². The Hall–Kier alpha value is -1.76. The average molecular weight is 605 g/mol. The van der Waals surface area contributed by atoms with E-state index in [2.05, 4.69) is 0 Å². The minimum Gasteiger partial charge on any atom is -0.465 e. The molecule has 2 aliphatic heterocycles. The van der Waals surface area contributed by atoms with Gasteiger partial charge in [0.25, 0.3) is 0 Å². The molecular weight excluding hydrogens is 556 g/mol. The van der Waals surface area contributed by atoms with E-state index in [0.29, 0.717) is 25.7 Å². The third kappa shape index (κ3) is 8.87. The lowest BCUT2D eigenvalue weighted by Gasteiger charge is -2.48. The number of unbranched alkanes of at least 4 members (excludes halogenated alkanes) is 1. The van der Waals surface area contributed by atoms with Crippen molar-refractivity contribution in [1.29, 1.82) is 0 Å². The van der Waals surface area contributed by atoms with Crippen molar-refractivity contribution in [2.45, 2.75) is 116 Å². The zero-order chi connectivity index (χ0) is 30.6. The Morgan fingerprint density at radius 3 is 1.27 bits per heavy atom. The van der Waals surface area contributed by atoms with Gasteiger partial charge in [-0.2, -0.15) is 8.61 Å². The summed E-state index contributed by atoms with van der Waals surface area (Å²) in [5, 5.41) is 0. The van der Waals surface area contributed by atoms with Crippen LogP contribution in [0.25, 0.3) is 0 Å². The highest BCUT2D eigenvalue weighted by atomic mass is 32.2. The van der Waals surface area contributed by atoms with Gasteiger partial charge in [-0.25, -0.2) is 16.8 Å². The first-order chi connectivity index (χ1) is 18.1. The summed E-state index contributed by atoms with van der Waals surface area (Å²) in [5.74, 6) is -1.69. The Morgan fingerprint density at radius 1 is 0.650 bits per heavy atom. The maximum atomic E-state index is 13.0. The number of sulfonamides is 2. The fraction of sp³-hybridized carbons (Fsp3) is 0.786. The molecule has 2 aliphatic rings. The van der Waals surface area contributed by atoms with Crippen molar-refractivity contribution < 1.29 is 35.9 Å². The Morgan fingerprint density at radius 2 is 0.975 bits per heavy atom. The second-order valence-electron chi connectivity index (χ2n) is 13.0. The maximum absolute atomic E-state index is 13.0. The first-order valence-electron chi connectivity index (χ1n) is 13.9. The number of hydrogen-bond donors (Lipinski definition) is 0. The molecular formula is C28H48N2O8S2. The number of hydrogen-bond acceptors (Lipinski definition) is 8. The predicted molar refractivity (Wildman–Crippen MR) is 155 cm³/mol. The highest BCUT2D eigenvalue weighted by molar-refractivity contribution is 7.89. The van der Waals surface area contributed by atoms with Crippen LogP contribution in [-0.2, 0) is 39.1 Å². The SMILES string of the molecule is CC1(C)C=CCC(C)(C)N1S(=O)(=O)CCOC(=O)CCCCC(=O)OCCS(=O)(=O)N1C(C)(C)C=CCC1(C)C. The third-order valence-corrected chi connectivity index (χ3v) is 11.6. The van der Waals surface area contributed by atoms with Crippen molar-refractivity contribution in [2.24, 2.45) is 0 Å². The molecule has 40 heavy (non-hydrogen) atoms. The van der Waals surface area contributed by atoms with Gasteiger partial charge >= 0.3 is 11.9 Å². The van der Waals surface area contributed by atoms with Crippen LogP contribution in [0, 0.1) is 0 Å². The zero-order valence-corrected chi connectivity index (χ0v) is 27.0. The minimum absolute atomic E-state index is 0.0395. The molecule has 0 aromatic carbocycles. The zero-order valence-electron chi connectivity index (χ0n) is 25.4. The van der Waals surface area contributed by atoms with Crippen molar-refractivity contribution in [2.75, 3.05) is 24.7 Å². The van der Waals surface area contributed by atoms with E-state index in [0.717, 1.165) is 0 Å². The number of ether oxygens (including phenoxy) is 2. The van der Waals surface area contributed by atoms with Gasteiger partial charge in [-0.1, -0.05) is 24.3 Å². The fourth-order valence-electron chi connectivity index (χ4n) is 5.99. The van der Waals surface area contributed by atoms with Crippen LogP contribution < -0.4 is 0 Å². The molecule has 0 unspecified atom stereocenters. The van der Waals surface area contributed by atoms with Crippen LogP contribution in [0.4, 0.5) is 0 Å². The standard InChI is InChI=1S/C28H48N2O8S2/c1-25(2)15-11-16-26(3,4)29(25)39(33,34)21-19-37-23(31)13-9-10-14-24(32)38-20-22-40(35,36)30-27(5,6)17-12-18-28(30,7)8/h11-12,15,17H,9-10,13-14,16,18-22H2,1-8H3. The van der Waals surface area contributed by atoms with Gasteiger partial charge in [0.1, 0.15) is 13.2 Å². The van der Waals surface area contributed by atoms with Gasteiger partial charge in [0.15, 0.2) is 0 Å². The summed E-state index contributed by atoms with van der Waals surface area (Å²) < 4.78 is 65.4. The molecule has 0 N–H and O–H groups in total. The average Bonchev–Trinajstić information content (AvgIpc) is 2.73. The smallest absolute Gasteiger partial charge is 0.305 e. The molecule has 0 aliphatic carbocycles. The largest absolute Gasteiger partial charge is 0.465 e. The van der Waals surface area contributed by atoms with Crippen LogP contribution in [0.2, 0.25) is 0 Å². The molecule has 0 aromatic rings. The van der Waals surface area contributed by atoms with Crippen molar-refractivity contribution in [3.8, 4) is 0 Å². The van der Waals surface area contributed by atoms with E-state index in [4.69, 9.17) is 9.47 Å². The summed E-state index contributed by atoms with van der Waals surface area (Å²) in [6, 6.07) is 0. The van der Waals surface area contributed by atoms with Crippen LogP contribution >= 0.6 is 0 Å². The van der Waals surface area contributed by atoms with Crippen LogP contribution in [0.1, 0.15) is 93.9 Å². The van der Waals surface area contributed by atoms with Gasteiger partial charge in [-0.15, -0.1) is 0 Å². The molecule has 12 heteroatoms. The molecule has 0 atom stereocenters. The van der Waals surface area contributed by atoms with Crippen LogP contribution in [0.5, 0.6) is 0 Å². The maximum Gasteiger partial charge on any atom is 0.305 e. The third-order valence-electron chi connectivity index (χ3n) is 7.21. The van der Waals surface area contributed by atoms with Crippen molar-refractivity contribution in [3.63, 3.8) is 0 Å². The quantitative estimate of drug-likeness (QED) is 0.176. The lowest BCUT2D eigenvalue weighted by atomic mass is 9.88. The Balaban J connectivity index is 1.70. The monoisotopic (exact) mass is 604 g/mol. The second-order valence-corrected chi connectivity index (χ2v) is 16.8. The van der Waals surface area contributed by atoms with Gasteiger partial charge in [-0.3, -0.25) is 9.59 Å². The van der Waals surface area contributed by atoms with Crippen molar-refractivity contribution >= 4 is 32.0 Å². The van der Waals surface area contributed by atoms with Crippen molar-refractivity contribution in [1.82, 2.24) is 8.61 Å². The molecule has 0 bridgehead atoms. The molecule has 0 spiro atoms. The predicted octanol–water partition coefficient (Wildman–Crippen LogP) is 3.93. The number of carbonyl (C=O) groups is 2. The molecule has 0 saturated heterocycles. The Bertz CT molecular complexity index is 1100. The normalized spacial score (nSPS) is 22.1. The molecule has 0 radical (unpaired) electrons. The van der Waals surface area contributed by atoms with E-state index in [9.17, 15) is 26.4 Å². The number of esters is 2. The van der Waals surface area contributed by atoms with E-state index >= 15 is 0 Å². The van der Waals surface area contributed by atoms with Gasteiger partial charge in [0.05, 0.1) is 11.5 Å². The molecule has 0 amide bonds. The Labute approximate surface area is 241 Å². The Kier molecular flexibility index (Phi) is 10.9. The number of nitrogens with zero attached hydrogens (tertiary/aromatic N) is 2. The second kappa shape index (κ2) is 12.6. The van der Waals surface area contributed by atoms with Gasteiger partial charge in [0, 0.05) is 35.0 Å². The minimum atomic E-state index is -3.68. The molecule has 0 aromatic heterocycles. The highest BCUT2D eigenvalue weighted by Crippen LogP contribution is 2.37. The summed E-state index contributed by atoms with van der Waals surface area (Å²) >= 11 is 0. The van der Waals surface area contributed by atoms with Crippen LogP contribution in [0.15, 0.2) is 24.3 Å². The lowest BCUT2D eigenvalue weighted by Crippen LogP contribution is -2.59. The summed E-state index contributed by atoms with van der Waals surface area (Å²) in [4.78, 5) is 24.2. The van der Waals surface area contributed by atoms with Gasteiger partial charge < -0.3 is 9.47 Å². The van der Waals surface area contributed by atoms with Crippen LogP contribution in [-0.4, -0.2) is 84.3 Å². The lowest BCUT2D eigenvalue weighted by molar-refractivity contribution is -0.145. The summed E-state index contributed by atoms with van der Waals surface area (Å²) in [6.45, 7) is 14.4. The molecule has 10 nitrogen and oxygen atoms in total. The molecule has 0 fully saturated rings. The highest BCUT2D eigenvalue weighted by Gasteiger charge is 2.47. The molecule has 230 valence electrons. The van der Waals surface area contributed by atoms with E-state index in [-0.39, 0.29) is 37.6 Å². The molecule has 2 heterocycles. The number of rotatable bonds is 13. The molecule has 2 rings (SSSR count). The first kappa shape index (κ1) is 34.4. The fourth-order valence-corrected chi connectivity index (χ4v) is 10.2. The van der Waals surface area contributed by atoms with E-state index < -0.39 is 54.1 Å². The first-order valence-corrected chi connectivity index (χ1v) is 17.1. The molecule has 0 saturated carbocycles. The van der Waals surface area contributed by atoms with E-state index in [1.807, 2.05) is 79.7 Å². The van der Waals surface area contributed by atoms with Crippen molar-refractivity contribution in [3.05, 3.63) is 24.3 Å². The van der Waals surface area contributed by atoms with Gasteiger partial charge in [-0.05, 0) is 81.1 Å². The summed E-state index contributed by atoms with van der Waals surface area (Å²) in [7, 11) is -7.35. The summed E-state index contributed by atoms with van der Waals surface area (Å²) in [6.07, 6.45) is 9.71. The number of carbonyl (C=O) groups excluding carboxylic acids is 2. The van der Waals surface area contributed by atoms with E-state index in [1.165, 1.54) is 8.61 Å². The topological polar surface area (TPSA) is 127 Å². The summed E-state index contributed by atoms with van der Waals surface area (Å²) in [5.41, 5.74) is -2.53. The van der Waals surface area contributed by atoms with E-state index in [1.54, 1.807) is 0 Å². The van der Waals surface area contributed by atoms with Gasteiger partial charge in [0.2, 0.25) is 20.0 Å².